The summed E-state index contributed by atoms with van der Waals surface area (Å²) < 4.78 is 5.37. The molecular formula is C14H21NO4. The van der Waals surface area contributed by atoms with E-state index in [9.17, 15) is 9.90 Å². The summed E-state index contributed by atoms with van der Waals surface area (Å²) in [6.45, 7) is 4.81. The van der Waals surface area contributed by atoms with Gasteiger partial charge in [0.2, 0.25) is 0 Å². The van der Waals surface area contributed by atoms with E-state index >= 15 is 0 Å². The number of ether oxygens (including phenoxy) is 1. The Bertz CT molecular complexity index is 423. The van der Waals surface area contributed by atoms with E-state index in [1.54, 1.807) is 0 Å². The number of aryl methyl sites for hydroxylation is 2. The molecule has 0 saturated heterocycles. The summed E-state index contributed by atoms with van der Waals surface area (Å²) in [5.74, 6) is 0.300. The molecule has 0 bridgehead atoms. The molecule has 106 valence electrons. The third kappa shape index (κ3) is 5.72. The summed E-state index contributed by atoms with van der Waals surface area (Å²) in [5.41, 5.74) is 0.826. The topological polar surface area (TPSA) is 78.8 Å². The van der Waals surface area contributed by atoms with Crippen LogP contribution in [-0.4, -0.2) is 41.5 Å². The van der Waals surface area contributed by atoms with Gasteiger partial charge in [-0.1, -0.05) is 6.07 Å². The van der Waals surface area contributed by atoms with Crippen molar-refractivity contribution in [2.24, 2.45) is 0 Å². The van der Waals surface area contributed by atoms with E-state index in [0.717, 1.165) is 11.1 Å². The molecular weight excluding hydrogens is 246 g/mol. The monoisotopic (exact) mass is 267 g/mol. The van der Waals surface area contributed by atoms with Crippen molar-refractivity contribution in [3.05, 3.63) is 29.3 Å². The summed E-state index contributed by atoms with van der Waals surface area (Å²) in [5, 5.41) is 20.9. The fourth-order valence-corrected chi connectivity index (χ4v) is 1.56. The van der Waals surface area contributed by atoms with Crippen molar-refractivity contribution in [3.63, 3.8) is 0 Å². The molecule has 1 rings (SSSR count). The largest absolute Gasteiger partial charge is 0.484 e. The zero-order valence-corrected chi connectivity index (χ0v) is 11.6. The Morgan fingerprint density at radius 3 is 2.42 bits per heavy atom. The van der Waals surface area contributed by atoms with Gasteiger partial charge < -0.3 is 20.3 Å². The molecule has 19 heavy (non-hydrogen) atoms. The van der Waals surface area contributed by atoms with Crippen molar-refractivity contribution in [1.82, 2.24) is 5.32 Å². The second-order valence-corrected chi connectivity index (χ2v) is 5.04. The highest BCUT2D eigenvalue weighted by Gasteiger charge is 2.19. The minimum atomic E-state index is -1.31. The summed E-state index contributed by atoms with van der Waals surface area (Å²) in [4.78, 5) is 11.5. The van der Waals surface area contributed by atoms with Crippen molar-refractivity contribution in [1.29, 1.82) is 0 Å². The van der Waals surface area contributed by atoms with Gasteiger partial charge in [0, 0.05) is 6.54 Å². The highest BCUT2D eigenvalue weighted by molar-refractivity contribution is 5.77. The standard InChI is InChI=1S/C14H21NO4/c1-10-4-11(2)6-12(5-10)19-7-13(17)15-8-14(3,18)9-16/h4-6,16,18H,7-9H2,1-3H3,(H,15,17). The molecule has 1 unspecified atom stereocenters. The van der Waals surface area contributed by atoms with E-state index in [1.165, 1.54) is 6.92 Å². The maximum Gasteiger partial charge on any atom is 0.258 e. The van der Waals surface area contributed by atoms with E-state index in [1.807, 2.05) is 32.0 Å². The van der Waals surface area contributed by atoms with Gasteiger partial charge in [-0.2, -0.15) is 0 Å². The van der Waals surface area contributed by atoms with Gasteiger partial charge >= 0.3 is 0 Å². The van der Waals surface area contributed by atoms with E-state index in [0.29, 0.717) is 5.75 Å². The molecule has 0 spiro atoms. The van der Waals surface area contributed by atoms with Crippen LogP contribution < -0.4 is 10.1 Å². The van der Waals surface area contributed by atoms with E-state index < -0.39 is 12.2 Å². The zero-order chi connectivity index (χ0) is 14.5. The fraction of sp³-hybridized carbons (Fsp3) is 0.500. The van der Waals surface area contributed by atoms with Crippen LogP contribution in [0.4, 0.5) is 0 Å². The number of hydrogen-bond donors (Lipinski definition) is 3. The van der Waals surface area contributed by atoms with Crippen LogP contribution in [0.25, 0.3) is 0 Å². The number of carbonyl (C=O) groups excluding carboxylic acids is 1. The number of rotatable bonds is 6. The van der Waals surface area contributed by atoms with Gasteiger partial charge in [0.05, 0.1) is 6.61 Å². The van der Waals surface area contributed by atoms with Crippen LogP contribution in [0.3, 0.4) is 0 Å². The maximum absolute atomic E-state index is 11.5. The number of aliphatic hydroxyl groups excluding tert-OH is 1. The van der Waals surface area contributed by atoms with Gasteiger partial charge in [-0.3, -0.25) is 4.79 Å². The van der Waals surface area contributed by atoms with Crippen LogP contribution in [-0.2, 0) is 4.79 Å². The number of aliphatic hydroxyl groups is 2. The molecule has 5 heteroatoms. The molecule has 1 aromatic carbocycles. The third-order valence-corrected chi connectivity index (χ3v) is 2.57. The summed E-state index contributed by atoms with van der Waals surface area (Å²) in [6, 6.07) is 5.72. The molecule has 0 aliphatic carbocycles. The SMILES string of the molecule is Cc1cc(C)cc(OCC(=O)NCC(C)(O)CO)c1. The average Bonchev–Trinajstić information content (AvgIpc) is 2.33. The number of benzene rings is 1. The number of carbonyl (C=O) groups is 1. The second-order valence-electron chi connectivity index (χ2n) is 5.04. The molecule has 0 radical (unpaired) electrons. The molecule has 0 fully saturated rings. The average molecular weight is 267 g/mol. The van der Waals surface area contributed by atoms with Gasteiger partial charge in [-0.05, 0) is 44.0 Å². The van der Waals surface area contributed by atoms with Crippen LogP contribution in [0, 0.1) is 13.8 Å². The van der Waals surface area contributed by atoms with Crippen molar-refractivity contribution in [3.8, 4) is 5.75 Å². The van der Waals surface area contributed by atoms with Gasteiger partial charge in [0.25, 0.3) is 5.91 Å². The van der Waals surface area contributed by atoms with Crippen molar-refractivity contribution >= 4 is 5.91 Å². The highest BCUT2D eigenvalue weighted by Crippen LogP contribution is 2.15. The van der Waals surface area contributed by atoms with E-state index in [-0.39, 0.29) is 19.1 Å². The Kier molecular flexibility index (Phi) is 5.32. The Morgan fingerprint density at radius 2 is 1.89 bits per heavy atom. The van der Waals surface area contributed by atoms with Crippen LogP contribution in [0.15, 0.2) is 18.2 Å². The van der Waals surface area contributed by atoms with Crippen LogP contribution >= 0.6 is 0 Å². The molecule has 0 aromatic heterocycles. The Morgan fingerprint density at radius 1 is 1.32 bits per heavy atom. The summed E-state index contributed by atoms with van der Waals surface area (Å²) >= 11 is 0. The van der Waals surface area contributed by atoms with Crippen molar-refractivity contribution in [2.75, 3.05) is 19.8 Å². The third-order valence-electron chi connectivity index (χ3n) is 2.57. The smallest absolute Gasteiger partial charge is 0.258 e. The first-order valence-corrected chi connectivity index (χ1v) is 6.13. The van der Waals surface area contributed by atoms with Crippen LogP contribution in [0.1, 0.15) is 18.1 Å². The molecule has 0 saturated carbocycles. The van der Waals surface area contributed by atoms with Crippen LogP contribution in [0.5, 0.6) is 5.75 Å². The molecule has 1 aromatic rings. The van der Waals surface area contributed by atoms with E-state index in [4.69, 9.17) is 9.84 Å². The van der Waals surface area contributed by atoms with Crippen molar-refractivity contribution < 1.29 is 19.7 Å². The normalized spacial score (nSPS) is 13.7. The van der Waals surface area contributed by atoms with Gasteiger partial charge in [-0.15, -0.1) is 0 Å². The molecule has 3 N–H and O–H groups in total. The maximum atomic E-state index is 11.5. The molecule has 1 atom stereocenters. The fourth-order valence-electron chi connectivity index (χ4n) is 1.56. The van der Waals surface area contributed by atoms with Crippen molar-refractivity contribution in [2.45, 2.75) is 26.4 Å². The lowest BCUT2D eigenvalue weighted by molar-refractivity contribution is -0.124. The second kappa shape index (κ2) is 6.54. The highest BCUT2D eigenvalue weighted by atomic mass is 16.5. The first-order valence-electron chi connectivity index (χ1n) is 6.13. The Hall–Kier alpha value is -1.59. The predicted molar refractivity (Wildman–Crippen MR) is 72.1 cm³/mol. The lowest BCUT2D eigenvalue weighted by atomic mass is 10.1. The summed E-state index contributed by atoms with van der Waals surface area (Å²) in [6.07, 6.45) is 0. The number of nitrogens with one attached hydrogen (secondary N) is 1. The van der Waals surface area contributed by atoms with E-state index in [2.05, 4.69) is 5.32 Å². The van der Waals surface area contributed by atoms with Gasteiger partial charge in [0.1, 0.15) is 11.4 Å². The number of hydrogen-bond acceptors (Lipinski definition) is 4. The molecule has 1 amide bonds. The lowest BCUT2D eigenvalue weighted by Crippen LogP contribution is -2.44. The lowest BCUT2D eigenvalue weighted by Gasteiger charge is -2.20. The number of amides is 1. The molecule has 5 nitrogen and oxygen atoms in total. The molecule has 0 heterocycles. The minimum absolute atomic E-state index is 0.0153. The Labute approximate surface area is 113 Å². The first kappa shape index (κ1) is 15.5. The molecule has 0 aliphatic rings. The zero-order valence-electron chi connectivity index (χ0n) is 11.6. The van der Waals surface area contributed by atoms with Gasteiger partial charge in [0.15, 0.2) is 6.61 Å². The minimum Gasteiger partial charge on any atom is -0.484 e. The predicted octanol–water partition coefficient (Wildman–Crippen LogP) is 0.542. The first-order chi connectivity index (χ1) is 8.82. The quantitative estimate of drug-likeness (QED) is 0.703. The van der Waals surface area contributed by atoms with Crippen LogP contribution in [0.2, 0.25) is 0 Å². The molecule has 0 aliphatic heterocycles. The summed E-state index contributed by atoms with van der Waals surface area (Å²) in [7, 11) is 0. The Balaban J connectivity index is 2.42. The van der Waals surface area contributed by atoms with Gasteiger partial charge in [-0.25, -0.2) is 0 Å².